The number of aromatic nitrogens is 2. The minimum Gasteiger partial charge on any atom is -0.396 e. The van der Waals surface area contributed by atoms with Gasteiger partial charge in [0.1, 0.15) is 0 Å². The fourth-order valence-corrected chi connectivity index (χ4v) is 1.56. The van der Waals surface area contributed by atoms with E-state index in [9.17, 15) is 0 Å². The predicted octanol–water partition coefficient (Wildman–Crippen LogP) is 1.42. The quantitative estimate of drug-likeness (QED) is 0.783. The van der Waals surface area contributed by atoms with Crippen LogP contribution < -0.4 is 4.57 Å². The molecule has 16 heavy (non-hydrogen) atoms. The number of pyridine rings is 2. The van der Waals surface area contributed by atoms with Crippen molar-refractivity contribution >= 4 is 0 Å². The fourth-order valence-electron chi connectivity index (χ4n) is 1.56. The van der Waals surface area contributed by atoms with Gasteiger partial charge in [0.15, 0.2) is 18.9 Å². The molecule has 0 unspecified atom stereocenters. The largest absolute Gasteiger partial charge is 0.396 e. The molecule has 0 aliphatic heterocycles. The minimum absolute atomic E-state index is 0.231. The average molecular weight is 215 g/mol. The number of aliphatic hydroxyl groups excluding tert-OH is 1. The third kappa shape index (κ3) is 2.64. The monoisotopic (exact) mass is 215 g/mol. The Labute approximate surface area is 95.0 Å². The molecule has 0 saturated heterocycles. The number of hydrogen-bond donors (Lipinski definition) is 1. The van der Waals surface area contributed by atoms with Crippen molar-refractivity contribution in [3.05, 3.63) is 48.9 Å². The van der Waals surface area contributed by atoms with E-state index in [0.717, 1.165) is 24.2 Å². The van der Waals surface area contributed by atoms with Crippen LogP contribution in [0.3, 0.4) is 0 Å². The summed E-state index contributed by atoms with van der Waals surface area (Å²) in [6, 6.07) is 9.97. The molecule has 0 bridgehead atoms. The van der Waals surface area contributed by atoms with Crippen LogP contribution in [-0.4, -0.2) is 16.7 Å². The lowest BCUT2D eigenvalue weighted by Crippen LogP contribution is -2.32. The zero-order valence-electron chi connectivity index (χ0n) is 9.08. The molecule has 2 rings (SSSR count). The van der Waals surface area contributed by atoms with Crippen LogP contribution in [0.2, 0.25) is 0 Å². The number of rotatable bonds is 4. The third-order valence-electron chi connectivity index (χ3n) is 2.43. The van der Waals surface area contributed by atoms with Crippen molar-refractivity contribution in [1.29, 1.82) is 0 Å². The number of aryl methyl sites for hydroxylation is 1. The van der Waals surface area contributed by atoms with Crippen molar-refractivity contribution in [2.24, 2.45) is 0 Å². The van der Waals surface area contributed by atoms with Gasteiger partial charge in [-0.05, 0) is 12.1 Å². The molecule has 3 heteroatoms. The van der Waals surface area contributed by atoms with Crippen LogP contribution in [-0.2, 0) is 6.54 Å². The van der Waals surface area contributed by atoms with Crippen molar-refractivity contribution in [3.8, 4) is 11.3 Å². The molecule has 2 aromatic rings. The SMILES string of the molecule is OCCC[n+]1ccc(-c2ccccn2)cc1. The van der Waals surface area contributed by atoms with Gasteiger partial charge in [0, 0.05) is 36.9 Å². The summed E-state index contributed by atoms with van der Waals surface area (Å²) in [6.07, 6.45) is 6.61. The maximum atomic E-state index is 8.74. The van der Waals surface area contributed by atoms with E-state index < -0.39 is 0 Å². The highest BCUT2D eigenvalue weighted by molar-refractivity contribution is 5.56. The molecular formula is C13H15N2O+. The van der Waals surface area contributed by atoms with Gasteiger partial charge in [0.25, 0.3) is 0 Å². The summed E-state index contributed by atoms with van der Waals surface area (Å²) in [5.41, 5.74) is 2.10. The highest BCUT2D eigenvalue weighted by Crippen LogP contribution is 2.13. The van der Waals surface area contributed by atoms with Gasteiger partial charge in [0.05, 0.1) is 5.69 Å². The van der Waals surface area contributed by atoms with Gasteiger partial charge in [0.2, 0.25) is 0 Å². The highest BCUT2D eigenvalue weighted by Gasteiger charge is 2.02. The number of aliphatic hydroxyl groups is 1. The smallest absolute Gasteiger partial charge is 0.169 e. The van der Waals surface area contributed by atoms with E-state index in [1.165, 1.54) is 0 Å². The first-order valence-electron chi connectivity index (χ1n) is 5.41. The summed E-state index contributed by atoms with van der Waals surface area (Å²) in [6.45, 7) is 1.08. The first-order valence-corrected chi connectivity index (χ1v) is 5.41. The Balaban J connectivity index is 2.13. The molecule has 0 saturated carbocycles. The van der Waals surface area contributed by atoms with Gasteiger partial charge in [-0.1, -0.05) is 6.07 Å². The molecule has 0 atom stereocenters. The Morgan fingerprint density at radius 3 is 2.56 bits per heavy atom. The summed E-state index contributed by atoms with van der Waals surface area (Å²) in [5, 5.41) is 8.74. The van der Waals surface area contributed by atoms with Gasteiger partial charge < -0.3 is 5.11 Å². The summed E-state index contributed by atoms with van der Waals surface area (Å²) in [5.74, 6) is 0. The summed E-state index contributed by atoms with van der Waals surface area (Å²) in [4.78, 5) is 4.29. The average Bonchev–Trinajstić information content (AvgIpc) is 2.38. The van der Waals surface area contributed by atoms with E-state index >= 15 is 0 Å². The van der Waals surface area contributed by atoms with Crippen molar-refractivity contribution in [2.45, 2.75) is 13.0 Å². The molecule has 0 aliphatic rings. The zero-order valence-corrected chi connectivity index (χ0v) is 9.08. The lowest BCUT2D eigenvalue weighted by molar-refractivity contribution is -0.697. The van der Waals surface area contributed by atoms with Gasteiger partial charge >= 0.3 is 0 Å². The van der Waals surface area contributed by atoms with Crippen molar-refractivity contribution in [1.82, 2.24) is 4.98 Å². The van der Waals surface area contributed by atoms with Crippen LogP contribution in [0.25, 0.3) is 11.3 Å². The van der Waals surface area contributed by atoms with E-state index in [0.29, 0.717) is 0 Å². The van der Waals surface area contributed by atoms with Crippen LogP contribution in [0.5, 0.6) is 0 Å². The Kier molecular flexibility index (Phi) is 3.62. The third-order valence-corrected chi connectivity index (χ3v) is 2.43. The van der Waals surface area contributed by atoms with Crippen molar-refractivity contribution in [2.75, 3.05) is 6.61 Å². The normalized spacial score (nSPS) is 10.3. The molecule has 0 aromatic carbocycles. The molecule has 0 radical (unpaired) electrons. The lowest BCUT2D eigenvalue weighted by atomic mass is 10.2. The number of nitrogens with zero attached hydrogens (tertiary/aromatic N) is 2. The Morgan fingerprint density at radius 2 is 1.94 bits per heavy atom. The molecule has 1 N–H and O–H groups in total. The molecule has 82 valence electrons. The standard InChI is InChI=1S/C13H15N2O/c16-11-3-8-15-9-5-12(6-10-15)13-4-1-2-7-14-13/h1-2,4-7,9-10,16H,3,8,11H2/q+1. The van der Waals surface area contributed by atoms with E-state index in [4.69, 9.17) is 5.11 Å². The Morgan fingerprint density at radius 1 is 1.12 bits per heavy atom. The molecule has 0 fully saturated rings. The van der Waals surface area contributed by atoms with Crippen LogP contribution in [0.15, 0.2) is 48.9 Å². The van der Waals surface area contributed by atoms with Crippen molar-refractivity contribution < 1.29 is 9.67 Å². The van der Waals surface area contributed by atoms with Gasteiger partial charge in [-0.3, -0.25) is 4.98 Å². The molecule has 2 aromatic heterocycles. The molecule has 0 aliphatic carbocycles. The summed E-state index contributed by atoms with van der Waals surface area (Å²) in [7, 11) is 0. The van der Waals surface area contributed by atoms with Crippen molar-refractivity contribution in [3.63, 3.8) is 0 Å². The lowest BCUT2D eigenvalue weighted by Gasteiger charge is -1.99. The first-order chi connectivity index (χ1) is 7.90. The molecular weight excluding hydrogens is 200 g/mol. The minimum atomic E-state index is 0.231. The Bertz CT molecular complexity index is 425. The first kappa shape index (κ1) is 10.8. The van der Waals surface area contributed by atoms with E-state index in [2.05, 4.69) is 9.55 Å². The van der Waals surface area contributed by atoms with E-state index in [-0.39, 0.29) is 6.61 Å². The second-order valence-electron chi connectivity index (χ2n) is 3.62. The van der Waals surface area contributed by atoms with E-state index in [1.807, 2.05) is 42.7 Å². The van der Waals surface area contributed by atoms with Crippen LogP contribution >= 0.6 is 0 Å². The van der Waals surface area contributed by atoms with Gasteiger partial charge in [-0.2, -0.15) is 0 Å². The molecule has 2 heterocycles. The fraction of sp³-hybridized carbons (Fsp3) is 0.231. The molecule has 3 nitrogen and oxygen atoms in total. The summed E-state index contributed by atoms with van der Waals surface area (Å²) >= 11 is 0. The predicted molar refractivity (Wildman–Crippen MR) is 61.6 cm³/mol. The number of hydrogen-bond acceptors (Lipinski definition) is 2. The second kappa shape index (κ2) is 5.37. The summed E-state index contributed by atoms with van der Waals surface area (Å²) < 4.78 is 2.06. The zero-order chi connectivity index (χ0) is 11.2. The Hall–Kier alpha value is -1.74. The van der Waals surface area contributed by atoms with E-state index in [1.54, 1.807) is 6.20 Å². The molecule has 0 amide bonds. The maximum Gasteiger partial charge on any atom is 0.169 e. The maximum absolute atomic E-state index is 8.74. The highest BCUT2D eigenvalue weighted by atomic mass is 16.3. The van der Waals surface area contributed by atoms with Crippen LogP contribution in [0.1, 0.15) is 6.42 Å². The topological polar surface area (TPSA) is 37.0 Å². The second-order valence-corrected chi connectivity index (χ2v) is 3.62. The van der Waals surface area contributed by atoms with Crippen LogP contribution in [0, 0.1) is 0 Å². The molecule has 0 spiro atoms. The van der Waals surface area contributed by atoms with Gasteiger partial charge in [-0.25, -0.2) is 4.57 Å². The van der Waals surface area contributed by atoms with Crippen LogP contribution in [0.4, 0.5) is 0 Å². The van der Waals surface area contributed by atoms with Gasteiger partial charge in [-0.15, -0.1) is 0 Å².